The average Bonchev–Trinajstić information content (AvgIpc) is 2.89. The van der Waals surface area contributed by atoms with Crippen LogP contribution in [0.5, 0.6) is 0 Å². The maximum atomic E-state index is 14.2. The van der Waals surface area contributed by atoms with Gasteiger partial charge in [-0.25, -0.2) is 4.79 Å². The van der Waals surface area contributed by atoms with E-state index >= 15 is 0 Å². The minimum absolute atomic E-state index is 0.0412. The summed E-state index contributed by atoms with van der Waals surface area (Å²) in [6.45, 7) is 10.0. The average molecular weight is 557 g/mol. The molecule has 1 aromatic rings. The topological polar surface area (TPSA) is 131 Å². The fraction of sp³-hybridized carbons (Fsp3) is 0.613. The SMILES string of the molecule is C#Cc1ccccc1C(C(=O)NCCCCC)N(CCCCCC)C(=O)C(CCC(N)=O)NC(=O)OC(C)(C)C. The summed E-state index contributed by atoms with van der Waals surface area (Å²) < 4.78 is 5.38. The molecule has 0 aliphatic carbocycles. The van der Waals surface area contributed by atoms with Crippen LogP contribution in [0.25, 0.3) is 0 Å². The van der Waals surface area contributed by atoms with Crippen molar-refractivity contribution in [2.45, 2.75) is 110 Å². The van der Waals surface area contributed by atoms with Crippen molar-refractivity contribution >= 4 is 23.8 Å². The third-order valence-electron chi connectivity index (χ3n) is 6.25. The van der Waals surface area contributed by atoms with E-state index in [4.69, 9.17) is 16.9 Å². The highest BCUT2D eigenvalue weighted by atomic mass is 16.6. The van der Waals surface area contributed by atoms with E-state index in [0.717, 1.165) is 38.5 Å². The van der Waals surface area contributed by atoms with E-state index in [-0.39, 0.29) is 25.3 Å². The molecule has 40 heavy (non-hydrogen) atoms. The maximum absolute atomic E-state index is 14.2. The van der Waals surface area contributed by atoms with Gasteiger partial charge in [-0.05, 0) is 51.7 Å². The minimum atomic E-state index is -1.14. The lowest BCUT2D eigenvalue weighted by atomic mass is 9.96. The van der Waals surface area contributed by atoms with Gasteiger partial charge in [0.25, 0.3) is 0 Å². The van der Waals surface area contributed by atoms with E-state index in [1.54, 1.807) is 45.0 Å². The molecule has 0 aromatic heterocycles. The van der Waals surface area contributed by atoms with Gasteiger partial charge in [0.1, 0.15) is 17.7 Å². The number of rotatable bonds is 17. The van der Waals surface area contributed by atoms with Gasteiger partial charge in [0.2, 0.25) is 17.7 Å². The number of carbonyl (C=O) groups is 4. The third kappa shape index (κ3) is 12.5. The van der Waals surface area contributed by atoms with E-state index in [1.165, 1.54) is 4.90 Å². The summed E-state index contributed by atoms with van der Waals surface area (Å²) in [7, 11) is 0. The third-order valence-corrected chi connectivity index (χ3v) is 6.25. The summed E-state index contributed by atoms with van der Waals surface area (Å²) >= 11 is 0. The number of primary amides is 1. The molecule has 4 amide bonds. The normalized spacial score (nSPS) is 12.5. The van der Waals surface area contributed by atoms with E-state index < -0.39 is 35.6 Å². The summed E-state index contributed by atoms with van der Waals surface area (Å²) in [6, 6.07) is 4.87. The van der Waals surface area contributed by atoms with Crippen molar-refractivity contribution in [2.75, 3.05) is 13.1 Å². The maximum Gasteiger partial charge on any atom is 0.408 e. The van der Waals surface area contributed by atoms with Crippen molar-refractivity contribution in [2.24, 2.45) is 5.73 Å². The van der Waals surface area contributed by atoms with E-state index in [2.05, 4.69) is 30.4 Å². The predicted molar refractivity (Wildman–Crippen MR) is 157 cm³/mol. The van der Waals surface area contributed by atoms with Crippen molar-refractivity contribution in [3.8, 4) is 12.3 Å². The highest BCUT2D eigenvalue weighted by Crippen LogP contribution is 2.27. The molecular weight excluding hydrogens is 508 g/mol. The van der Waals surface area contributed by atoms with Crippen molar-refractivity contribution in [1.29, 1.82) is 0 Å². The Morgan fingerprint density at radius 3 is 2.27 bits per heavy atom. The lowest BCUT2D eigenvalue weighted by molar-refractivity contribution is -0.142. The minimum Gasteiger partial charge on any atom is -0.444 e. The van der Waals surface area contributed by atoms with Crippen LogP contribution in [0.2, 0.25) is 0 Å². The van der Waals surface area contributed by atoms with Gasteiger partial charge in [-0.2, -0.15) is 0 Å². The molecule has 0 radical (unpaired) electrons. The second kappa shape index (κ2) is 17.9. The molecule has 4 N–H and O–H groups in total. The first-order valence-corrected chi connectivity index (χ1v) is 14.4. The molecule has 222 valence electrons. The molecule has 0 saturated carbocycles. The summed E-state index contributed by atoms with van der Waals surface area (Å²) in [5, 5.41) is 5.59. The Labute approximate surface area is 240 Å². The molecule has 0 bridgehead atoms. The Kier molecular flexibility index (Phi) is 15.5. The van der Waals surface area contributed by atoms with Crippen LogP contribution in [0.15, 0.2) is 24.3 Å². The molecular formula is C31H48N4O5. The highest BCUT2D eigenvalue weighted by Gasteiger charge is 2.37. The molecule has 2 unspecified atom stereocenters. The number of carbonyl (C=O) groups excluding carboxylic acids is 4. The number of nitrogens with two attached hydrogens (primary N) is 1. The number of nitrogens with one attached hydrogen (secondary N) is 2. The smallest absolute Gasteiger partial charge is 0.408 e. The van der Waals surface area contributed by atoms with E-state index in [9.17, 15) is 19.2 Å². The Morgan fingerprint density at radius 1 is 1.02 bits per heavy atom. The number of alkyl carbamates (subject to hydrolysis) is 1. The molecule has 0 fully saturated rings. The van der Waals surface area contributed by atoms with Crippen LogP contribution in [-0.4, -0.2) is 53.4 Å². The number of unbranched alkanes of at least 4 members (excludes halogenated alkanes) is 5. The summed E-state index contributed by atoms with van der Waals surface area (Å²) in [5.41, 5.74) is 5.61. The summed E-state index contributed by atoms with van der Waals surface area (Å²) in [6.07, 6.45) is 11.1. The lowest BCUT2D eigenvalue weighted by Gasteiger charge is -2.35. The molecule has 1 aromatic carbocycles. The lowest BCUT2D eigenvalue weighted by Crippen LogP contribution is -2.53. The largest absolute Gasteiger partial charge is 0.444 e. The molecule has 0 heterocycles. The van der Waals surface area contributed by atoms with Gasteiger partial charge in [-0.3, -0.25) is 14.4 Å². The summed E-state index contributed by atoms with van der Waals surface area (Å²) in [5.74, 6) is 1.16. The first kappa shape index (κ1) is 34.5. The van der Waals surface area contributed by atoms with Crippen LogP contribution in [0.1, 0.15) is 110 Å². The first-order valence-electron chi connectivity index (χ1n) is 14.4. The second-order valence-electron chi connectivity index (χ2n) is 10.9. The van der Waals surface area contributed by atoms with Crippen LogP contribution >= 0.6 is 0 Å². The Bertz CT molecular complexity index is 1010. The van der Waals surface area contributed by atoms with Crippen molar-refractivity contribution in [1.82, 2.24) is 15.5 Å². The van der Waals surface area contributed by atoms with Crippen LogP contribution < -0.4 is 16.4 Å². The number of hydrogen-bond acceptors (Lipinski definition) is 5. The molecule has 0 saturated heterocycles. The number of benzene rings is 1. The number of ether oxygens (including phenoxy) is 1. The Balaban J connectivity index is 3.54. The number of terminal acetylenes is 1. The van der Waals surface area contributed by atoms with Gasteiger partial charge in [-0.1, -0.05) is 70.1 Å². The molecule has 9 heteroatoms. The molecule has 0 spiro atoms. The van der Waals surface area contributed by atoms with E-state index in [1.807, 2.05) is 0 Å². The Morgan fingerprint density at radius 2 is 1.68 bits per heavy atom. The highest BCUT2D eigenvalue weighted by molar-refractivity contribution is 5.92. The molecule has 0 aliphatic heterocycles. The van der Waals surface area contributed by atoms with Gasteiger partial charge >= 0.3 is 6.09 Å². The van der Waals surface area contributed by atoms with Crippen LogP contribution in [-0.2, 0) is 19.1 Å². The fourth-order valence-electron chi connectivity index (χ4n) is 4.27. The van der Waals surface area contributed by atoms with Crippen molar-refractivity contribution in [3.05, 3.63) is 35.4 Å². The predicted octanol–water partition coefficient (Wildman–Crippen LogP) is 4.58. The van der Waals surface area contributed by atoms with Crippen LogP contribution in [0.4, 0.5) is 4.79 Å². The van der Waals surface area contributed by atoms with E-state index in [0.29, 0.717) is 24.1 Å². The molecule has 9 nitrogen and oxygen atoms in total. The zero-order chi connectivity index (χ0) is 30.1. The van der Waals surface area contributed by atoms with Crippen LogP contribution in [0, 0.1) is 12.3 Å². The quantitative estimate of drug-likeness (QED) is 0.191. The monoisotopic (exact) mass is 556 g/mol. The van der Waals surface area contributed by atoms with Crippen LogP contribution in [0.3, 0.4) is 0 Å². The number of hydrogen-bond donors (Lipinski definition) is 3. The fourth-order valence-corrected chi connectivity index (χ4v) is 4.27. The van der Waals surface area contributed by atoms with Gasteiger partial charge in [0.05, 0.1) is 0 Å². The summed E-state index contributed by atoms with van der Waals surface area (Å²) in [4.78, 5) is 53.7. The van der Waals surface area contributed by atoms with Gasteiger partial charge in [0, 0.05) is 25.1 Å². The first-order chi connectivity index (χ1) is 18.9. The number of nitrogens with zero attached hydrogens (tertiary/aromatic N) is 1. The zero-order valence-corrected chi connectivity index (χ0v) is 24.9. The zero-order valence-electron chi connectivity index (χ0n) is 24.9. The van der Waals surface area contributed by atoms with Gasteiger partial charge in [-0.15, -0.1) is 6.42 Å². The standard InChI is InChI=1S/C31H48N4O5/c1-7-10-12-16-22-35(29(38)25(19-20-26(32)36)34-30(39)40-31(4,5)6)27(28(37)33-21-15-11-8-2)24-18-14-13-17-23(24)9-3/h3,13-14,17-18,25,27H,7-8,10-12,15-16,19-22H2,1-2,4-6H3,(H2,32,36)(H,33,37)(H,34,39). The van der Waals surface area contributed by atoms with Crippen molar-refractivity contribution < 1.29 is 23.9 Å². The molecule has 2 atom stereocenters. The molecule has 0 aliphatic rings. The Hall–Kier alpha value is -3.54. The van der Waals surface area contributed by atoms with Crippen molar-refractivity contribution in [3.63, 3.8) is 0 Å². The second-order valence-corrected chi connectivity index (χ2v) is 10.9. The molecule has 1 rings (SSSR count). The van der Waals surface area contributed by atoms with Gasteiger partial charge in [0.15, 0.2) is 0 Å². The number of amides is 4. The van der Waals surface area contributed by atoms with Gasteiger partial charge < -0.3 is 26.0 Å².